The molecule has 0 N–H and O–H groups in total. The third-order valence-corrected chi connectivity index (χ3v) is 4.33. The number of benzene rings is 1. The van der Waals surface area contributed by atoms with Crippen LogP contribution in [0, 0.1) is 5.82 Å². The van der Waals surface area contributed by atoms with Gasteiger partial charge in [0, 0.05) is 12.8 Å². The Morgan fingerprint density at radius 1 is 1.45 bits per heavy atom. The number of rotatable bonds is 3. The molecule has 2 aliphatic rings. The molecule has 1 aromatic rings. The van der Waals surface area contributed by atoms with Gasteiger partial charge in [0.1, 0.15) is 17.7 Å². The summed E-state index contributed by atoms with van der Waals surface area (Å²) in [6.07, 6.45) is 5.12. The van der Waals surface area contributed by atoms with E-state index in [1.54, 1.807) is 6.07 Å². The number of carbonyl (C=O) groups excluding carboxylic acids is 1. The van der Waals surface area contributed by atoms with Crippen LogP contribution in [0.3, 0.4) is 0 Å². The van der Waals surface area contributed by atoms with E-state index in [1.807, 2.05) is 0 Å². The first-order chi connectivity index (χ1) is 9.58. The van der Waals surface area contributed by atoms with Crippen LogP contribution in [0.25, 0.3) is 0 Å². The Morgan fingerprint density at radius 2 is 2.25 bits per heavy atom. The maximum Gasteiger partial charge on any atom is 0.163 e. The fraction of sp³-hybridized carbons (Fsp3) is 0.562. The second-order valence-electron chi connectivity index (χ2n) is 5.81. The number of ketones is 1. The zero-order valence-electron chi connectivity index (χ0n) is 11.7. The molecule has 1 aliphatic heterocycles. The van der Waals surface area contributed by atoms with Crippen molar-refractivity contribution in [1.82, 2.24) is 0 Å². The van der Waals surface area contributed by atoms with E-state index in [4.69, 9.17) is 9.47 Å². The van der Waals surface area contributed by atoms with Crippen LogP contribution in [0.4, 0.5) is 4.39 Å². The molecule has 1 heterocycles. The average Bonchev–Trinajstić information content (AvgIpc) is 2.39. The summed E-state index contributed by atoms with van der Waals surface area (Å²) in [7, 11) is 0. The van der Waals surface area contributed by atoms with Crippen molar-refractivity contribution < 1.29 is 18.7 Å². The van der Waals surface area contributed by atoms with Crippen molar-refractivity contribution in [1.29, 1.82) is 0 Å². The average molecular weight is 278 g/mol. The Morgan fingerprint density at radius 3 is 2.90 bits per heavy atom. The van der Waals surface area contributed by atoms with E-state index in [1.165, 1.54) is 25.5 Å². The van der Waals surface area contributed by atoms with Crippen LogP contribution in [-0.2, 0) is 4.74 Å². The van der Waals surface area contributed by atoms with Crippen LogP contribution in [0.15, 0.2) is 18.2 Å². The van der Waals surface area contributed by atoms with Crippen molar-refractivity contribution in [2.24, 2.45) is 0 Å². The van der Waals surface area contributed by atoms with Crippen LogP contribution in [0.2, 0.25) is 0 Å². The fourth-order valence-corrected chi connectivity index (χ4v) is 3.06. The number of ether oxygens (including phenoxy) is 2. The minimum atomic E-state index is -0.412. The zero-order chi connectivity index (χ0) is 14.2. The molecule has 1 saturated carbocycles. The van der Waals surface area contributed by atoms with Gasteiger partial charge in [0.25, 0.3) is 0 Å². The molecule has 1 atom stereocenters. The summed E-state index contributed by atoms with van der Waals surface area (Å²) in [6.45, 7) is 2.13. The highest BCUT2D eigenvalue weighted by Crippen LogP contribution is 2.43. The summed E-state index contributed by atoms with van der Waals surface area (Å²) in [5.41, 5.74) is 0.318. The molecule has 1 aliphatic carbocycles. The topological polar surface area (TPSA) is 35.5 Å². The quantitative estimate of drug-likeness (QED) is 0.794. The highest BCUT2D eigenvalue weighted by Gasteiger charge is 2.43. The Bertz CT molecular complexity index is 522. The molecule has 108 valence electrons. The minimum Gasteiger partial charge on any atom is -0.489 e. The molecule has 0 amide bonds. The lowest BCUT2D eigenvalue weighted by molar-refractivity contribution is -0.153. The molecule has 1 spiro atoms. The van der Waals surface area contributed by atoms with E-state index in [9.17, 15) is 9.18 Å². The summed E-state index contributed by atoms with van der Waals surface area (Å²) in [5, 5.41) is 0. The predicted octanol–water partition coefficient (Wildman–Crippen LogP) is 3.51. The Hall–Kier alpha value is -1.42. The number of hydrogen-bond acceptors (Lipinski definition) is 3. The SMILES string of the molecule is CC(=O)c1cc(F)ccc1OC1CCOC2(CCC2)C1. The third kappa shape index (κ3) is 2.57. The maximum absolute atomic E-state index is 13.2. The van der Waals surface area contributed by atoms with Crippen molar-refractivity contribution in [2.75, 3.05) is 6.61 Å². The highest BCUT2D eigenvalue weighted by molar-refractivity contribution is 5.96. The summed E-state index contributed by atoms with van der Waals surface area (Å²) in [6, 6.07) is 4.13. The Balaban J connectivity index is 1.75. The number of hydrogen-bond donors (Lipinski definition) is 0. The zero-order valence-corrected chi connectivity index (χ0v) is 11.7. The molecule has 20 heavy (non-hydrogen) atoms. The van der Waals surface area contributed by atoms with Crippen LogP contribution in [0.5, 0.6) is 5.75 Å². The van der Waals surface area contributed by atoms with Crippen LogP contribution >= 0.6 is 0 Å². The van der Waals surface area contributed by atoms with Gasteiger partial charge in [-0.15, -0.1) is 0 Å². The minimum absolute atomic E-state index is 0.000661. The van der Waals surface area contributed by atoms with Crippen molar-refractivity contribution >= 4 is 5.78 Å². The fourth-order valence-electron chi connectivity index (χ4n) is 3.06. The van der Waals surface area contributed by atoms with Crippen LogP contribution < -0.4 is 4.74 Å². The summed E-state index contributed by atoms with van der Waals surface area (Å²) >= 11 is 0. The van der Waals surface area contributed by atoms with Gasteiger partial charge < -0.3 is 9.47 Å². The molecule has 0 radical (unpaired) electrons. The molecular formula is C16H19FO3. The number of carbonyl (C=O) groups is 1. The Labute approximate surface area is 118 Å². The first-order valence-corrected chi connectivity index (χ1v) is 7.19. The Kier molecular flexibility index (Phi) is 3.50. The van der Waals surface area contributed by atoms with Crippen LogP contribution in [-0.4, -0.2) is 24.1 Å². The molecule has 1 unspecified atom stereocenters. The van der Waals surface area contributed by atoms with Gasteiger partial charge >= 0.3 is 0 Å². The van der Waals surface area contributed by atoms with E-state index < -0.39 is 5.82 Å². The normalized spacial score (nSPS) is 24.2. The molecule has 0 aromatic heterocycles. The van der Waals surface area contributed by atoms with Gasteiger partial charge in [-0.3, -0.25) is 4.79 Å². The second kappa shape index (κ2) is 5.17. The molecule has 4 heteroatoms. The lowest BCUT2D eigenvalue weighted by Crippen LogP contribution is -2.48. The van der Waals surface area contributed by atoms with E-state index in [2.05, 4.69) is 0 Å². The molecule has 0 bridgehead atoms. The molecule has 3 rings (SSSR count). The summed E-state index contributed by atoms with van der Waals surface area (Å²) < 4.78 is 25.1. The first-order valence-electron chi connectivity index (χ1n) is 7.19. The predicted molar refractivity (Wildman–Crippen MR) is 72.6 cm³/mol. The van der Waals surface area contributed by atoms with Gasteiger partial charge in [0.05, 0.1) is 17.8 Å². The van der Waals surface area contributed by atoms with Gasteiger partial charge in [0.15, 0.2) is 5.78 Å². The van der Waals surface area contributed by atoms with Gasteiger partial charge in [-0.2, -0.15) is 0 Å². The van der Waals surface area contributed by atoms with E-state index >= 15 is 0 Å². The van der Waals surface area contributed by atoms with E-state index in [-0.39, 0.29) is 17.5 Å². The third-order valence-electron chi connectivity index (χ3n) is 4.33. The number of Topliss-reactive ketones (excluding diaryl/α,β-unsaturated/α-hetero) is 1. The molecular weight excluding hydrogens is 259 g/mol. The van der Waals surface area contributed by atoms with Crippen molar-refractivity contribution in [3.05, 3.63) is 29.6 Å². The molecule has 2 fully saturated rings. The summed E-state index contributed by atoms with van der Waals surface area (Å²) in [4.78, 5) is 11.6. The highest BCUT2D eigenvalue weighted by atomic mass is 19.1. The van der Waals surface area contributed by atoms with Crippen molar-refractivity contribution in [2.45, 2.75) is 50.7 Å². The standard InChI is InChI=1S/C16H19FO3/c1-11(18)14-9-12(17)3-4-15(14)20-13-5-8-19-16(10-13)6-2-7-16/h3-4,9,13H,2,5-8,10H2,1H3. The monoisotopic (exact) mass is 278 g/mol. The second-order valence-corrected chi connectivity index (χ2v) is 5.81. The van der Waals surface area contributed by atoms with Crippen LogP contribution in [0.1, 0.15) is 49.4 Å². The van der Waals surface area contributed by atoms with Gasteiger partial charge in [-0.25, -0.2) is 4.39 Å². The lowest BCUT2D eigenvalue weighted by atomic mass is 9.74. The largest absolute Gasteiger partial charge is 0.489 e. The van der Waals surface area contributed by atoms with Crippen molar-refractivity contribution in [3.8, 4) is 5.75 Å². The van der Waals surface area contributed by atoms with Gasteiger partial charge in [0.2, 0.25) is 0 Å². The van der Waals surface area contributed by atoms with E-state index in [0.717, 1.165) is 25.7 Å². The number of halogens is 1. The van der Waals surface area contributed by atoms with E-state index in [0.29, 0.717) is 17.9 Å². The smallest absolute Gasteiger partial charge is 0.163 e. The summed E-state index contributed by atoms with van der Waals surface area (Å²) in [5.74, 6) is -0.102. The van der Waals surface area contributed by atoms with Crippen molar-refractivity contribution in [3.63, 3.8) is 0 Å². The molecule has 1 saturated heterocycles. The van der Waals surface area contributed by atoms with Gasteiger partial charge in [-0.05, 0) is 44.4 Å². The molecule has 3 nitrogen and oxygen atoms in total. The molecule has 1 aromatic carbocycles. The first kappa shape index (κ1) is 13.6. The lowest BCUT2D eigenvalue weighted by Gasteiger charge is -2.47. The van der Waals surface area contributed by atoms with Gasteiger partial charge in [-0.1, -0.05) is 0 Å². The maximum atomic E-state index is 13.2.